The van der Waals surface area contributed by atoms with Gasteiger partial charge < -0.3 is 10.6 Å². The molecule has 1 amide bonds. The van der Waals surface area contributed by atoms with Crippen molar-refractivity contribution in [3.63, 3.8) is 0 Å². The normalized spacial score (nSPS) is 22.7. The molecule has 2 heterocycles. The number of nitrogens with one attached hydrogen (secondary N) is 2. The van der Waals surface area contributed by atoms with Crippen LogP contribution in [0.5, 0.6) is 0 Å². The highest BCUT2D eigenvalue weighted by Gasteiger charge is 2.39. The number of carbonyl (C=O) groups is 1. The molecule has 3 nitrogen and oxygen atoms in total. The Morgan fingerprint density at radius 3 is 2.84 bits per heavy atom. The average molecular weight is 280 g/mol. The lowest BCUT2D eigenvalue weighted by Gasteiger charge is -2.27. The third-order valence-electron chi connectivity index (χ3n) is 4.00. The second kappa shape index (κ2) is 6.06. The van der Waals surface area contributed by atoms with Crippen molar-refractivity contribution in [2.75, 3.05) is 6.54 Å². The summed E-state index contributed by atoms with van der Waals surface area (Å²) in [5, 5.41) is 6.53. The van der Waals surface area contributed by atoms with Gasteiger partial charge in [-0.05, 0) is 51.3 Å². The minimum absolute atomic E-state index is 0.176. The van der Waals surface area contributed by atoms with E-state index in [0.29, 0.717) is 6.54 Å². The van der Waals surface area contributed by atoms with Crippen molar-refractivity contribution in [3.8, 4) is 0 Å². The molecule has 1 aromatic heterocycles. The molecular weight excluding hydrogens is 256 g/mol. The van der Waals surface area contributed by atoms with E-state index in [1.165, 1.54) is 15.3 Å². The van der Waals surface area contributed by atoms with Gasteiger partial charge in [-0.25, -0.2) is 0 Å². The van der Waals surface area contributed by atoms with Crippen LogP contribution in [-0.2, 0) is 11.3 Å². The van der Waals surface area contributed by atoms with Gasteiger partial charge in [0, 0.05) is 9.75 Å². The maximum absolute atomic E-state index is 12.5. The third kappa shape index (κ3) is 3.18. The molecule has 19 heavy (non-hydrogen) atoms. The van der Waals surface area contributed by atoms with E-state index >= 15 is 0 Å². The van der Waals surface area contributed by atoms with Crippen LogP contribution in [0.4, 0.5) is 0 Å². The fourth-order valence-electron chi connectivity index (χ4n) is 2.83. The lowest BCUT2D eigenvalue weighted by molar-refractivity contribution is -0.127. The smallest absolute Gasteiger partial charge is 0.240 e. The molecule has 1 saturated heterocycles. The fraction of sp³-hybridized carbons (Fsp3) is 0.667. The van der Waals surface area contributed by atoms with E-state index in [1.54, 1.807) is 11.3 Å². The molecule has 0 bridgehead atoms. The molecule has 2 rings (SSSR count). The molecule has 1 aliphatic heterocycles. The predicted molar refractivity (Wildman–Crippen MR) is 80.5 cm³/mol. The average Bonchev–Trinajstić information content (AvgIpc) is 2.96. The molecule has 1 fully saturated rings. The van der Waals surface area contributed by atoms with E-state index in [1.807, 2.05) is 0 Å². The SMILES string of the molecule is CCCC1(C(=O)NCc2cc(C)c(C)s2)CCCN1. The highest BCUT2D eigenvalue weighted by molar-refractivity contribution is 7.12. The monoisotopic (exact) mass is 280 g/mol. The topological polar surface area (TPSA) is 41.1 Å². The van der Waals surface area contributed by atoms with Gasteiger partial charge in [0.2, 0.25) is 5.91 Å². The van der Waals surface area contributed by atoms with Crippen molar-refractivity contribution in [2.24, 2.45) is 0 Å². The number of hydrogen-bond acceptors (Lipinski definition) is 3. The second-order valence-corrected chi connectivity index (χ2v) is 6.84. The lowest BCUT2D eigenvalue weighted by atomic mass is 9.91. The van der Waals surface area contributed by atoms with Gasteiger partial charge in [0.15, 0.2) is 0 Å². The quantitative estimate of drug-likeness (QED) is 0.871. The summed E-state index contributed by atoms with van der Waals surface area (Å²) in [6.07, 6.45) is 4.04. The van der Waals surface area contributed by atoms with Gasteiger partial charge in [-0.2, -0.15) is 0 Å². The Hall–Kier alpha value is -0.870. The minimum atomic E-state index is -0.309. The van der Waals surface area contributed by atoms with Crippen molar-refractivity contribution >= 4 is 17.2 Å². The van der Waals surface area contributed by atoms with E-state index in [9.17, 15) is 4.79 Å². The summed E-state index contributed by atoms with van der Waals surface area (Å²) in [5.74, 6) is 0.176. The van der Waals surface area contributed by atoms with E-state index in [4.69, 9.17) is 0 Å². The van der Waals surface area contributed by atoms with Crippen LogP contribution in [0.15, 0.2) is 6.07 Å². The van der Waals surface area contributed by atoms with Gasteiger partial charge in [0.1, 0.15) is 0 Å². The Labute approximate surface area is 119 Å². The minimum Gasteiger partial charge on any atom is -0.350 e. The number of amides is 1. The summed E-state index contributed by atoms with van der Waals surface area (Å²) >= 11 is 1.78. The Bertz CT molecular complexity index is 427. The van der Waals surface area contributed by atoms with Gasteiger partial charge in [-0.1, -0.05) is 13.3 Å². The molecule has 106 valence electrons. The van der Waals surface area contributed by atoms with Crippen molar-refractivity contribution in [1.82, 2.24) is 10.6 Å². The van der Waals surface area contributed by atoms with Crippen molar-refractivity contribution in [3.05, 3.63) is 21.4 Å². The number of rotatable bonds is 5. The van der Waals surface area contributed by atoms with Gasteiger partial charge in [-0.3, -0.25) is 4.79 Å². The maximum atomic E-state index is 12.5. The fourth-order valence-corrected chi connectivity index (χ4v) is 3.82. The van der Waals surface area contributed by atoms with Crippen LogP contribution in [0.2, 0.25) is 0 Å². The first kappa shape index (κ1) is 14.5. The molecule has 4 heteroatoms. The predicted octanol–water partition coefficient (Wildman–Crippen LogP) is 2.90. The summed E-state index contributed by atoms with van der Waals surface area (Å²) < 4.78 is 0. The van der Waals surface area contributed by atoms with Crippen LogP contribution in [0.1, 0.15) is 47.9 Å². The largest absolute Gasteiger partial charge is 0.350 e. The van der Waals surface area contributed by atoms with Gasteiger partial charge >= 0.3 is 0 Å². The summed E-state index contributed by atoms with van der Waals surface area (Å²) in [7, 11) is 0. The Morgan fingerprint density at radius 2 is 2.32 bits per heavy atom. The molecule has 1 unspecified atom stereocenters. The molecule has 2 N–H and O–H groups in total. The summed E-state index contributed by atoms with van der Waals surface area (Å²) in [5.41, 5.74) is 1.01. The zero-order chi connectivity index (χ0) is 13.9. The van der Waals surface area contributed by atoms with Crippen LogP contribution in [0.25, 0.3) is 0 Å². The second-order valence-electron chi connectivity index (χ2n) is 5.50. The van der Waals surface area contributed by atoms with Gasteiger partial charge in [-0.15, -0.1) is 11.3 Å². The summed E-state index contributed by atoms with van der Waals surface area (Å²) in [6, 6.07) is 2.18. The number of carbonyl (C=O) groups excluding carboxylic acids is 1. The number of hydrogen-bond donors (Lipinski definition) is 2. The van der Waals surface area contributed by atoms with Crippen LogP contribution < -0.4 is 10.6 Å². The Balaban J connectivity index is 1.96. The zero-order valence-corrected chi connectivity index (χ0v) is 13.0. The maximum Gasteiger partial charge on any atom is 0.240 e. The molecule has 0 saturated carbocycles. The van der Waals surface area contributed by atoms with E-state index in [-0.39, 0.29) is 11.4 Å². The highest BCUT2D eigenvalue weighted by Crippen LogP contribution is 2.26. The first-order valence-electron chi connectivity index (χ1n) is 7.16. The number of aryl methyl sites for hydroxylation is 2. The Morgan fingerprint density at radius 1 is 1.53 bits per heavy atom. The van der Waals surface area contributed by atoms with Gasteiger partial charge in [0.05, 0.1) is 12.1 Å². The van der Waals surface area contributed by atoms with E-state index < -0.39 is 0 Å². The first-order valence-corrected chi connectivity index (χ1v) is 7.98. The zero-order valence-electron chi connectivity index (χ0n) is 12.1. The molecule has 0 aliphatic carbocycles. The van der Waals surface area contributed by atoms with Crippen molar-refractivity contribution in [1.29, 1.82) is 0 Å². The molecule has 0 radical (unpaired) electrons. The van der Waals surface area contributed by atoms with Gasteiger partial charge in [0.25, 0.3) is 0 Å². The molecule has 1 aromatic rings. The first-order chi connectivity index (χ1) is 9.07. The van der Waals surface area contributed by atoms with E-state index in [2.05, 4.69) is 37.5 Å². The van der Waals surface area contributed by atoms with Crippen LogP contribution in [-0.4, -0.2) is 18.0 Å². The van der Waals surface area contributed by atoms with E-state index in [0.717, 1.165) is 32.2 Å². The van der Waals surface area contributed by atoms with Crippen molar-refractivity contribution in [2.45, 2.75) is 58.5 Å². The Kier molecular flexibility index (Phi) is 4.63. The number of thiophene rings is 1. The highest BCUT2D eigenvalue weighted by atomic mass is 32.1. The van der Waals surface area contributed by atoms with Crippen LogP contribution in [0.3, 0.4) is 0 Å². The van der Waals surface area contributed by atoms with Crippen LogP contribution in [0, 0.1) is 13.8 Å². The standard InChI is InChI=1S/C15H24N2OS/c1-4-6-15(7-5-8-17-15)14(18)16-10-13-9-11(2)12(3)19-13/h9,17H,4-8,10H2,1-3H3,(H,16,18). The summed E-state index contributed by atoms with van der Waals surface area (Å²) in [6.45, 7) is 8.01. The third-order valence-corrected chi connectivity index (χ3v) is 5.15. The molecule has 1 aliphatic rings. The van der Waals surface area contributed by atoms with Crippen LogP contribution >= 0.6 is 11.3 Å². The molecule has 1 atom stereocenters. The summed E-state index contributed by atoms with van der Waals surface area (Å²) in [4.78, 5) is 15.0. The lowest BCUT2D eigenvalue weighted by Crippen LogP contribution is -2.53. The molecule has 0 aromatic carbocycles. The molecule has 0 spiro atoms. The molecular formula is C15H24N2OS. The van der Waals surface area contributed by atoms with Crippen molar-refractivity contribution < 1.29 is 4.79 Å².